The van der Waals surface area contributed by atoms with E-state index in [9.17, 15) is 0 Å². The zero-order valence-corrected chi connectivity index (χ0v) is 9.82. The van der Waals surface area contributed by atoms with E-state index in [1.165, 1.54) is 7.05 Å². The molecule has 0 spiro atoms. The van der Waals surface area contributed by atoms with Crippen molar-refractivity contribution in [1.82, 2.24) is 0 Å². The van der Waals surface area contributed by atoms with Crippen molar-refractivity contribution in [3.8, 4) is 0 Å². The van der Waals surface area contributed by atoms with Gasteiger partial charge in [0.1, 0.15) is 0 Å². The summed E-state index contributed by atoms with van der Waals surface area (Å²) in [6.07, 6.45) is 0. The molecule has 0 unspecified atom stereocenters. The van der Waals surface area contributed by atoms with Crippen LogP contribution in [0.3, 0.4) is 0 Å². The largest absolute Gasteiger partial charge is 0.333 e. The number of isothiocyanates is 1. The van der Waals surface area contributed by atoms with Crippen molar-refractivity contribution in [2.75, 3.05) is 14.1 Å². The second-order valence-corrected chi connectivity index (χ2v) is 0.497. The van der Waals surface area contributed by atoms with Crippen LogP contribution in [0.5, 0.6) is 0 Å². The van der Waals surface area contributed by atoms with Gasteiger partial charge in [0, 0.05) is 44.3 Å². The van der Waals surface area contributed by atoms with Crippen LogP contribution < -0.4 is 5.73 Å². The molecular formula is C3H8I2N2S. The Balaban J connectivity index is -0.0000000542. The summed E-state index contributed by atoms with van der Waals surface area (Å²) in [4.78, 5) is 3.30. The normalized spacial score (nSPS) is 3.62. The minimum absolute atomic E-state index is 1.50. The van der Waals surface area contributed by atoms with Gasteiger partial charge < -0.3 is 5.73 Å². The Morgan fingerprint density at radius 1 is 1.50 bits per heavy atom. The van der Waals surface area contributed by atoms with Crippen molar-refractivity contribution in [3.05, 3.63) is 0 Å². The fourth-order valence-corrected chi connectivity index (χ4v) is 0. The summed E-state index contributed by atoms with van der Waals surface area (Å²) in [5.41, 5.74) is 4.50. The van der Waals surface area contributed by atoms with Gasteiger partial charge in [-0.25, -0.2) is 4.99 Å². The highest BCUT2D eigenvalue weighted by Gasteiger charge is 1.24. The first-order chi connectivity index (χ1) is 3.91. The Bertz CT molecular complexity index is 53.2. The van der Waals surface area contributed by atoms with Crippen molar-refractivity contribution in [2.45, 2.75) is 0 Å². The van der Waals surface area contributed by atoms with E-state index in [0.717, 1.165) is 0 Å². The standard InChI is InChI=1S/C2H3NS.CH5N.I2/c1-3-2-4;2*1-2/h1H3;2H2,1H3;. The lowest BCUT2D eigenvalue weighted by Crippen LogP contribution is -1.69. The topological polar surface area (TPSA) is 38.4 Å². The fraction of sp³-hybridized carbons (Fsp3) is 0.667. The molecule has 0 aliphatic carbocycles. The van der Waals surface area contributed by atoms with E-state index in [2.05, 4.69) is 65.3 Å². The van der Waals surface area contributed by atoms with Crippen LogP contribution in [0.15, 0.2) is 4.99 Å². The molecule has 0 rings (SSSR count). The predicted molar refractivity (Wildman–Crippen MR) is 59.1 cm³/mol. The van der Waals surface area contributed by atoms with E-state index in [1.54, 1.807) is 7.05 Å². The molecule has 0 fully saturated rings. The van der Waals surface area contributed by atoms with Gasteiger partial charge in [-0.05, 0) is 19.3 Å². The van der Waals surface area contributed by atoms with E-state index in [1.807, 2.05) is 0 Å². The first kappa shape index (κ1) is 16.1. The molecule has 0 amide bonds. The second-order valence-electron chi connectivity index (χ2n) is 0.315. The van der Waals surface area contributed by atoms with Crippen LogP contribution in [0.4, 0.5) is 0 Å². The lowest BCUT2D eigenvalue weighted by atomic mass is 11.4. The van der Waals surface area contributed by atoms with Gasteiger partial charge in [0.15, 0.2) is 0 Å². The van der Waals surface area contributed by atoms with Crippen molar-refractivity contribution < 1.29 is 0 Å². The van der Waals surface area contributed by atoms with Gasteiger partial charge in [-0.1, -0.05) is 0 Å². The van der Waals surface area contributed by atoms with E-state index >= 15 is 0 Å². The molecule has 2 N–H and O–H groups in total. The number of halogens is 2. The molecule has 0 aliphatic heterocycles. The monoisotopic (exact) mass is 358 g/mol. The van der Waals surface area contributed by atoms with Crippen molar-refractivity contribution in [2.24, 2.45) is 10.7 Å². The first-order valence-corrected chi connectivity index (χ1v) is 8.29. The number of nitrogens with two attached hydrogens (primary N) is 1. The zero-order chi connectivity index (χ0) is 7.41. The molecule has 50 valence electrons. The molecule has 0 heterocycles. The molecule has 5 heteroatoms. The predicted octanol–water partition coefficient (Wildman–Crippen LogP) is 2.07. The van der Waals surface area contributed by atoms with Crippen molar-refractivity contribution >= 4 is 54.6 Å². The number of hydrogen-bond acceptors (Lipinski definition) is 3. The molecule has 0 saturated carbocycles. The third-order valence-electron chi connectivity index (χ3n) is 0.0913. The van der Waals surface area contributed by atoms with E-state index in [0.29, 0.717) is 0 Å². The summed E-state index contributed by atoms with van der Waals surface area (Å²) in [5, 5.41) is 2.14. The Hall–Kier alpha value is 1.22. The molecule has 0 aromatic carbocycles. The average molecular weight is 358 g/mol. The lowest BCUT2D eigenvalue weighted by molar-refractivity contribution is 1.48. The average Bonchev–Trinajstić information content (AvgIpc) is 1.96. The quantitative estimate of drug-likeness (QED) is 0.409. The molecule has 0 saturated heterocycles. The van der Waals surface area contributed by atoms with E-state index < -0.39 is 0 Å². The van der Waals surface area contributed by atoms with Gasteiger partial charge >= 0.3 is 0 Å². The molecule has 0 aromatic rings. The maximum atomic E-state index is 4.50. The number of rotatable bonds is 0. The highest BCUT2D eigenvalue weighted by Crippen LogP contribution is 1.89. The Labute approximate surface area is 78.6 Å². The van der Waals surface area contributed by atoms with Gasteiger partial charge in [0.05, 0.1) is 5.16 Å². The van der Waals surface area contributed by atoms with Crippen molar-refractivity contribution in [3.63, 3.8) is 0 Å². The smallest absolute Gasteiger partial charge is 0.0582 e. The minimum Gasteiger partial charge on any atom is -0.333 e. The molecule has 0 atom stereocenters. The third kappa shape index (κ3) is 56.7. The maximum Gasteiger partial charge on any atom is 0.0582 e. The molecule has 0 radical (unpaired) electrons. The van der Waals surface area contributed by atoms with E-state index in [4.69, 9.17) is 0 Å². The fourth-order valence-electron chi connectivity index (χ4n) is 0. The van der Waals surface area contributed by atoms with Crippen LogP contribution in [0, 0.1) is 0 Å². The highest BCUT2D eigenvalue weighted by molar-refractivity contribution is 15.0. The van der Waals surface area contributed by atoms with Gasteiger partial charge in [0.2, 0.25) is 0 Å². The van der Waals surface area contributed by atoms with Gasteiger partial charge in [0.25, 0.3) is 0 Å². The molecule has 0 aromatic heterocycles. The minimum atomic E-state index is 1.50. The van der Waals surface area contributed by atoms with Crippen LogP contribution in [0.25, 0.3) is 0 Å². The van der Waals surface area contributed by atoms with Crippen LogP contribution >= 0.6 is 49.4 Å². The second kappa shape index (κ2) is 41.3. The summed E-state index contributed by atoms with van der Waals surface area (Å²) in [7, 11) is 3.09. The molecule has 0 aliphatic rings. The zero-order valence-electron chi connectivity index (χ0n) is 4.69. The summed E-state index contributed by atoms with van der Waals surface area (Å²) in [6, 6.07) is 0. The van der Waals surface area contributed by atoms with Crippen LogP contribution in [-0.2, 0) is 0 Å². The van der Waals surface area contributed by atoms with E-state index in [-0.39, 0.29) is 0 Å². The van der Waals surface area contributed by atoms with Gasteiger partial charge in [-0.2, -0.15) is 0 Å². The molecule has 8 heavy (non-hydrogen) atoms. The number of hydrogen-bond donors (Lipinski definition) is 1. The summed E-state index contributed by atoms with van der Waals surface area (Å²) in [6.45, 7) is 0. The Morgan fingerprint density at radius 2 is 1.62 bits per heavy atom. The van der Waals surface area contributed by atoms with Crippen molar-refractivity contribution in [1.29, 1.82) is 0 Å². The summed E-state index contributed by atoms with van der Waals surface area (Å²) < 4.78 is 0. The molecule has 2 nitrogen and oxygen atoms in total. The van der Waals surface area contributed by atoms with Crippen LogP contribution in [0.1, 0.15) is 0 Å². The Morgan fingerprint density at radius 3 is 1.62 bits per heavy atom. The number of aliphatic imine (C=N–C) groups is 1. The number of thiocarbonyl (C=S) groups is 1. The SMILES string of the molecule is CN.CN=C=S.II. The number of nitrogens with zero attached hydrogens (tertiary/aromatic N) is 1. The Kier molecular flexibility index (Phi) is 83.2. The lowest BCUT2D eigenvalue weighted by Gasteiger charge is -1.39. The summed E-state index contributed by atoms with van der Waals surface area (Å²) in [5.74, 6) is 0. The first-order valence-electron chi connectivity index (χ1n) is 1.60. The van der Waals surface area contributed by atoms with Gasteiger partial charge in [-0.15, -0.1) is 0 Å². The van der Waals surface area contributed by atoms with Crippen LogP contribution in [-0.4, -0.2) is 19.3 Å². The maximum absolute atomic E-state index is 4.50. The third-order valence-corrected chi connectivity index (χ3v) is 0.274. The van der Waals surface area contributed by atoms with Crippen LogP contribution in [0.2, 0.25) is 0 Å². The summed E-state index contributed by atoms with van der Waals surface area (Å²) >= 11 is 8.38. The molecular weight excluding hydrogens is 350 g/mol. The highest BCUT2D eigenvalue weighted by atomic mass is 128. The van der Waals surface area contributed by atoms with Gasteiger partial charge in [-0.3, -0.25) is 0 Å². The molecule has 0 bridgehead atoms.